The summed E-state index contributed by atoms with van der Waals surface area (Å²) in [6, 6.07) is 10.6. The summed E-state index contributed by atoms with van der Waals surface area (Å²) < 4.78 is 0. The Labute approximate surface area is 213 Å². The molecule has 1 aromatic rings. The van der Waals surface area contributed by atoms with Crippen LogP contribution in [0.2, 0.25) is 0 Å². The third-order valence-electron chi connectivity index (χ3n) is 9.20. The molecule has 2 heterocycles. The standard InChI is InChI=1S/C17H25N.C11H21N.2C2H6/c1-14(2)18-11-9-17(10-12-18)8-7-15-5-3-4-6-16(15)13-17;1-10(2)12-8-6-11(7-9-12)4-3-5-11;2*1-2/h3-6,14H,7-13H2,1-2H3;10H,3-9H2,1-2H3;2*1-2H3. The topological polar surface area (TPSA) is 6.48 Å². The molecular weight excluding hydrogens is 412 g/mol. The number of aryl methyl sites for hydroxylation is 1. The van der Waals surface area contributed by atoms with Gasteiger partial charge in [-0.2, -0.15) is 0 Å². The van der Waals surface area contributed by atoms with Crippen molar-refractivity contribution in [3.8, 4) is 0 Å². The molecule has 0 radical (unpaired) electrons. The minimum absolute atomic E-state index is 0.625. The van der Waals surface area contributed by atoms with Gasteiger partial charge in [0.25, 0.3) is 0 Å². The van der Waals surface area contributed by atoms with E-state index in [1.165, 1.54) is 90.4 Å². The molecule has 2 spiro atoms. The summed E-state index contributed by atoms with van der Waals surface area (Å²) in [4.78, 5) is 5.27. The second kappa shape index (κ2) is 14.0. The summed E-state index contributed by atoms with van der Waals surface area (Å²) in [5, 5.41) is 0. The summed E-state index contributed by atoms with van der Waals surface area (Å²) in [7, 11) is 0. The number of nitrogens with zero attached hydrogens (tertiary/aromatic N) is 2. The number of fused-ring (bicyclic) bond motifs is 1. The zero-order chi connectivity index (χ0) is 25.2. The molecule has 0 unspecified atom stereocenters. The van der Waals surface area contributed by atoms with Crippen LogP contribution in [0.3, 0.4) is 0 Å². The highest BCUT2D eigenvalue weighted by Gasteiger charge is 2.40. The first-order chi connectivity index (χ1) is 16.4. The van der Waals surface area contributed by atoms with Crippen molar-refractivity contribution in [3.63, 3.8) is 0 Å². The maximum atomic E-state index is 2.64. The van der Waals surface area contributed by atoms with Crippen LogP contribution >= 0.6 is 0 Å². The molecule has 3 fully saturated rings. The Morgan fingerprint density at radius 2 is 1.03 bits per heavy atom. The highest BCUT2D eigenvalue weighted by Crippen LogP contribution is 2.49. The average molecular weight is 471 g/mol. The van der Waals surface area contributed by atoms with E-state index in [0.29, 0.717) is 5.41 Å². The van der Waals surface area contributed by atoms with Crippen LogP contribution in [0.1, 0.15) is 118 Å². The van der Waals surface area contributed by atoms with Crippen LogP contribution in [0, 0.1) is 10.8 Å². The summed E-state index contributed by atoms with van der Waals surface area (Å²) in [5.41, 5.74) is 4.68. The van der Waals surface area contributed by atoms with E-state index in [-0.39, 0.29) is 0 Å². The molecule has 2 heteroatoms. The zero-order valence-electron chi connectivity index (χ0n) is 24.3. The molecule has 196 valence electrons. The molecule has 2 aliphatic carbocycles. The highest BCUT2D eigenvalue weighted by atomic mass is 15.2. The lowest BCUT2D eigenvalue weighted by Crippen LogP contribution is -2.45. The number of hydrogen-bond donors (Lipinski definition) is 0. The molecule has 5 rings (SSSR count). The number of piperidine rings is 2. The zero-order valence-corrected chi connectivity index (χ0v) is 24.3. The Bertz CT molecular complexity index is 670. The number of benzene rings is 1. The van der Waals surface area contributed by atoms with Gasteiger partial charge < -0.3 is 9.80 Å². The molecule has 1 saturated carbocycles. The smallest absolute Gasteiger partial charge is 0.00385 e. The van der Waals surface area contributed by atoms with Crippen molar-refractivity contribution in [2.75, 3.05) is 26.2 Å². The molecular formula is C32H58N2. The molecule has 0 bridgehead atoms. The maximum absolute atomic E-state index is 2.64. The van der Waals surface area contributed by atoms with Crippen molar-refractivity contribution in [2.45, 2.75) is 132 Å². The van der Waals surface area contributed by atoms with Crippen molar-refractivity contribution >= 4 is 0 Å². The van der Waals surface area contributed by atoms with Crippen LogP contribution in [0.4, 0.5) is 0 Å². The van der Waals surface area contributed by atoms with E-state index in [2.05, 4.69) is 61.8 Å². The van der Waals surface area contributed by atoms with Gasteiger partial charge in [-0.05, 0) is 134 Å². The van der Waals surface area contributed by atoms with Gasteiger partial charge in [0.05, 0.1) is 0 Å². The SMILES string of the molecule is CC.CC.CC(C)N1CCC2(CCC2)CC1.CC(C)N1CCC2(CCc3ccccc3C2)CC1. The molecule has 0 aromatic heterocycles. The summed E-state index contributed by atoms with van der Waals surface area (Å²) in [5.74, 6) is 0. The minimum Gasteiger partial charge on any atom is -0.301 e. The lowest BCUT2D eigenvalue weighted by Gasteiger charge is -2.49. The van der Waals surface area contributed by atoms with E-state index in [4.69, 9.17) is 0 Å². The van der Waals surface area contributed by atoms with Crippen LogP contribution in [0.15, 0.2) is 24.3 Å². The van der Waals surface area contributed by atoms with Crippen molar-refractivity contribution < 1.29 is 0 Å². The van der Waals surface area contributed by atoms with Gasteiger partial charge in [0.2, 0.25) is 0 Å². The van der Waals surface area contributed by atoms with Gasteiger partial charge in [-0.3, -0.25) is 0 Å². The lowest BCUT2D eigenvalue weighted by atomic mass is 9.63. The third kappa shape index (κ3) is 7.57. The van der Waals surface area contributed by atoms with Crippen LogP contribution < -0.4 is 0 Å². The Morgan fingerprint density at radius 3 is 1.44 bits per heavy atom. The first kappa shape index (κ1) is 29.4. The number of hydrogen-bond acceptors (Lipinski definition) is 2. The van der Waals surface area contributed by atoms with Crippen molar-refractivity contribution in [1.29, 1.82) is 0 Å². The first-order valence-electron chi connectivity index (χ1n) is 15.0. The predicted octanol–water partition coefficient (Wildman–Crippen LogP) is 8.38. The maximum Gasteiger partial charge on any atom is 0.00385 e. The van der Waals surface area contributed by atoms with Crippen molar-refractivity contribution in [1.82, 2.24) is 9.80 Å². The van der Waals surface area contributed by atoms with Crippen LogP contribution in [-0.4, -0.2) is 48.1 Å². The predicted molar refractivity (Wildman–Crippen MR) is 152 cm³/mol. The third-order valence-corrected chi connectivity index (χ3v) is 9.20. The van der Waals surface area contributed by atoms with Crippen molar-refractivity contribution in [2.24, 2.45) is 10.8 Å². The molecule has 34 heavy (non-hydrogen) atoms. The molecule has 0 N–H and O–H groups in total. The van der Waals surface area contributed by atoms with E-state index in [1.54, 1.807) is 11.1 Å². The normalized spacial score (nSPS) is 23.0. The summed E-state index contributed by atoms with van der Waals surface area (Å²) in [6.45, 7) is 22.6. The van der Waals surface area contributed by atoms with Crippen LogP contribution in [0.5, 0.6) is 0 Å². The van der Waals surface area contributed by atoms with Crippen LogP contribution in [-0.2, 0) is 12.8 Å². The van der Waals surface area contributed by atoms with Gasteiger partial charge in [0.15, 0.2) is 0 Å². The minimum atomic E-state index is 0.625. The van der Waals surface area contributed by atoms with Crippen molar-refractivity contribution in [3.05, 3.63) is 35.4 Å². The van der Waals surface area contributed by atoms with E-state index in [9.17, 15) is 0 Å². The Kier molecular flexibility index (Phi) is 12.1. The number of likely N-dealkylation sites (tertiary alicyclic amines) is 2. The van der Waals surface area contributed by atoms with Gasteiger partial charge in [0, 0.05) is 12.1 Å². The van der Waals surface area contributed by atoms with E-state index in [1.807, 2.05) is 27.7 Å². The van der Waals surface area contributed by atoms with Gasteiger partial charge in [0.1, 0.15) is 0 Å². The molecule has 0 atom stereocenters. The molecule has 1 aromatic carbocycles. The van der Waals surface area contributed by atoms with Gasteiger partial charge in [-0.1, -0.05) is 58.4 Å². The van der Waals surface area contributed by atoms with E-state index in [0.717, 1.165) is 17.5 Å². The molecule has 4 aliphatic rings. The lowest BCUT2D eigenvalue weighted by molar-refractivity contribution is 0.0220. The molecule has 0 amide bonds. The molecule has 2 saturated heterocycles. The highest BCUT2D eigenvalue weighted by molar-refractivity contribution is 5.31. The van der Waals surface area contributed by atoms with Crippen LogP contribution in [0.25, 0.3) is 0 Å². The van der Waals surface area contributed by atoms with Gasteiger partial charge in [-0.15, -0.1) is 0 Å². The Balaban J connectivity index is 0.000000222. The fourth-order valence-electron chi connectivity index (χ4n) is 6.50. The second-order valence-electron chi connectivity index (χ2n) is 11.6. The largest absolute Gasteiger partial charge is 0.301 e. The molecule has 2 nitrogen and oxygen atoms in total. The Hall–Kier alpha value is -0.860. The van der Waals surface area contributed by atoms with E-state index < -0.39 is 0 Å². The average Bonchev–Trinajstić information content (AvgIpc) is 2.86. The fourth-order valence-corrected chi connectivity index (χ4v) is 6.50. The van der Waals surface area contributed by atoms with E-state index >= 15 is 0 Å². The summed E-state index contributed by atoms with van der Waals surface area (Å²) in [6.07, 6.45) is 14.4. The van der Waals surface area contributed by atoms with Gasteiger partial charge in [-0.25, -0.2) is 0 Å². The fraction of sp³-hybridized carbons (Fsp3) is 0.812. The monoisotopic (exact) mass is 470 g/mol. The summed E-state index contributed by atoms with van der Waals surface area (Å²) >= 11 is 0. The number of rotatable bonds is 2. The molecule has 2 aliphatic heterocycles. The second-order valence-corrected chi connectivity index (χ2v) is 11.6. The quantitative estimate of drug-likeness (QED) is 0.428. The Morgan fingerprint density at radius 1 is 0.588 bits per heavy atom. The first-order valence-corrected chi connectivity index (χ1v) is 15.0. The van der Waals surface area contributed by atoms with Gasteiger partial charge >= 0.3 is 0 Å².